The van der Waals surface area contributed by atoms with Crippen molar-refractivity contribution in [3.63, 3.8) is 0 Å². The van der Waals surface area contributed by atoms with Gasteiger partial charge in [-0.2, -0.15) is 0 Å². The van der Waals surface area contributed by atoms with Crippen LogP contribution >= 0.6 is 24.0 Å². The lowest BCUT2D eigenvalue weighted by Crippen LogP contribution is -2.40. The first-order valence-electron chi connectivity index (χ1n) is 8.55. The molecule has 0 aromatic heterocycles. The van der Waals surface area contributed by atoms with Gasteiger partial charge in [0.2, 0.25) is 0 Å². The van der Waals surface area contributed by atoms with E-state index < -0.39 is 27.5 Å². The van der Waals surface area contributed by atoms with Gasteiger partial charge in [-0.05, 0) is 38.2 Å². The number of hydrogen-bond acceptors (Lipinski definition) is 3. The zero-order chi connectivity index (χ0) is 18.0. The fourth-order valence-corrected chi connectivity index (χ4v) is 4.78. The average Bonchev–Trinajstić information content (AvgIpc) is 3.26. The van der Waals surface area contributed by atoms with Crippen LogP contribution in [0.25, 0.3) is 0 Å². The van der Waals surface area contributed by atoms with Crippen LogP contribution in [-0.4, -0.2) is 38.5 Å². The van der Waals surface area contributed by atoms with E-state index in [0.29, 0.717) is 30.5 Å². The van der Waals surface area contributed by atoms with Crippen LogP contribution in [0, 0.1) is 17.6 Å². The number of hydrogen-bond donors (Lipinski definition) is 2. The van der Waals surface area contributed by atoms with Crippen LogP contribution < -0.4 is 10.6 Å². The van der Waals surface area contributed by atoms with E-state index in [-0.39, 0.29) is 41.4 Å². The largest absolute Gasteiger partial charge is 0.354 e. The van der Waals surface area contributed by atoms with Gasteiger partial charge in [0, 0.05) is 24.2 Å². The van der Waals surface area contributed by atoms with Crippen LogP contribution in [-0.2, 0) is 9.84 Å². The first-order chi connectivity index (χ1) is 11.8. The predicted octanol–water partition coefficient (Wildman–Crippen LogP) is 2.78. The van der Waals surface area contributed by atoms with Crippen molar-refractivity contribution in [2.75, 3.05) is 18.1 Å². The van der Waals surface area contributed by atoms with E-state index in [4.69, 9.17) is 0 Å². The number of aliphatic imine (C=N–C) groups is 1. The molecule has 26 heavy (non-hydrogen) atoms. The normalized spacial score (nSPS) is 23.2. The molecule has 0 spiro atoms. The molecule has 5 nitrogen and oxygen atoms in total. The average molecular weight is 499 g/mol. The van der Waals surface area contributed by atoms with Crippen molar-refractivity contribution in [2.24, 2.45) is 10.9 Å². The molecule has 2 aliphatic rings. The van der Waals surface area contributed by atoms with E-state index in [2.05, 4.69) is 15.6 Å². The molecule has 3 rings (SSSR count). The molecule has 2 N–H and O–H groups in total. The third kappa shape index (κ3) is 6.04. The summed E-state index contributed by atoms with van der Waals surface area (Å²) >= 11 is 0. The molecule has 1 aliphatic heterocycles. The van der Waals surface area contributed by atoms with Gasteiger partial charge in [0.25, 0.3) is 0 Å². The van der Waals surface area contributed by atoms with Crippen molar-refractivity contribution >= 4 is 39.8 Å². The number of rotatable bonds is 5. The number of guanidine groups is 1. The second kappa shape index (κ2) is 8.81. The summed E-state index contributed by atoms with van der Waals surface area (Å²) in [4.78, 5) is 4.50. The van der Waals surface area contributed by atoms with E-state index in [0.717, 1.165) is 18.9 Å². The Morgan fingerprint density at radius 3 is 2.62 bits per heavy atom. The van der Waals surface area contributed by atoms with Crippen molar-refractivity contribution in [3.8, 4) is 0 Å². The molecule has 1 unspecified atom stereocenters. The maximum Gasteiger partial charge on any atom is 0.191 e. The van der Waals surface area contributed by atoms with Gasteiger partial charge < -0.3 is 10.6 Å². The number of halogens is 3. The summed E-state index contributed by atoms with van der Waals surface area (Å²) in [5.74, 6) is -0.240. The minimum absolute atomic E-state index is 0. The summed E-state index contributed by atoms with van der Waals surface area (Å²) in [6.45, 7) is 2.19. The molecular weight excluding hydrogens is 475 g/mol. The highest BCUT2D eigenvalue weighted by atomic mass is 127. The van der Waals surface area contributed by atoms with E-state index in [1.165, 1.54) is 12.1 Å². The molecule has 0 bridgehead atoms. The monoisotopic (exact) mass is 499 g/mol. The molecule has 1 heterocycles. The third-order valence-electron chi connectivity index (χ3n) is 4.53. The van der Waals surface area contributed by atoms with E-state index in [1.807, 2.05) is 0 Å². The third-order valence-corrected chi connectivity index (χ3v) is 6.37. The zero-order valence-corrected chi connectivity index (χ0v) is 17.7. The molecule has 1 aliphatic carbocycles. The second-order valence-corrected chi connectivity index (χ2v) is 9.14. The minimum atomic E-state index is -2.92. The topological polar surface area (TPSA) is 70.6 Å². The van der Waals surface area contributed by atoms with Crippen LogP contribution in [0.1, 0.15) is 37.8 Å². The number of nitrogens with one attached hydrogen (secondary N) is 2. The highest BCUT2D eigenvalue weighted by molar-refractivity contribution is 14.0. The molecule has 146 valence electrons. The lowest BCUT2D eigenvalue weighted by Gasteiger charge is -2.19. The van der Waals surface area contributed by atoms with Crippen LogP contribution in [0.2, 0.25) is 0 Å². The smallest absolute Gasteiger partial charge is 0.191 e. The number of nitrogens with zero attached hydrogens (tertiary/aromatic N) is 1. The Hall–Kier alpha value is -0.970. The fourth-order valence-electron chi connectivity index (χ4n) is 2.93. The molecule has 2 atom stereocenters. The summed E-state index contributed by atoms with van der Waals surface area (Å²) < 4.78 is 50.1. The van der Waals surface area contributed by atoms with Crippen molar-refractivity contribution < 1.29 is 17.2 Å². The van der Waals surface area contributed by atoms with Gasteiger partial charge in [0.1, 0.15) is 11.6 Å². The second-order valence-electron chi connectivity index (χ2n) is 6.91. The minimum Gasteiger partial charge on any atom is -0.354 e. The Kier molecular flexibility index (Phi) is 7.23. The summed E-state index contributed by atoms with van der Waals surface area (Å²) in [6, 6.07) is 3.47. The Bertz CT molecular complexity index is 769. The van der Waals surface area contributed by atoms with E-state index in [1.54, 1.807) is 6.92 Å². The molecule has 9 heteroatoms. The van der Waals surface area contributed by atoms with Gasteiger partial charge in [0.05, 0.1) is 17.5 Å². The number of benzene rings is 1. The lowest BCUT2D eigenvalue weighted by atomic mass is 10.1. The number of sulfone groups is 1. The van der Waals surface area contributed by atoms with Crippen molar-refractivity contribution in [2.45, 2.75) is 38.3 Å². The molecule has 2 fully saturated rings. The van der Waals surface area contributed by atoms with Gasteiger partial charge in [-0.1, -0.05) is 6.07 Å². The summed E-state index contributed by atoms with van der Waals surface area (Å²) in [5.41, 5.74) is 0.357. The molecule has 1 saturated carbocycles. The quantitative estimate of drug-likeness (QED) is 0.372. The van der Waals surface area contributed by atoms with E-state index in [9.17, 15) is 17.2 Å². The SMILES string of the molecule is C[C@@H](NC(=NCC1CCS(=O)(=O)C1)NC1CC1)c1ccc(F)cc1F.I. The fraction of sp³-hybridized carbons (Fsp3) is 0.588. The summed E-state index contributed by atoms with van der Waals surface area (Å²) in [5, 5.41) is 6.40. The summed E-state index contributed by atoms with van der Waals surface area (Å²) in [6.07, 6.45) is 2.74. The first-order valence-corrected chi connectivity index (χ1v) is 10.4. The van der Waals surface area contributed by atoms with E-state index >= 15 is 0 Å². The maximum atomic E-state index is 13.9. The van der Waals surface area contributed by atoms with Gasteiger partial charge in [-0.15, -0.1) is 24.0 Å². The van der Waals surface area contributed by atoms with Gasteiger partial charge in [0.15, 0.2) is 15.8 Å². The van der Waals surface area contributed by atoms with Crippen molar-refractivity contribution in [3.05, 3.63) is 35.4 Å². The van der Waals surface area contributed by atoms with Crippen molar-refractivity contribution in [1.82, 2.24) is 10.6 Å². The zero-order valence-electron chi connectivity index (χ0n) is 14.5. The molecule has 1 aromatic rings. The van der Waals surface area contributed by atoms with Gasteiger partial charge in [-0.25, -0.2) is 17.2 Å². The Morgan fingerprint density at radius 2 is 2.04 bits per heavy atom. The van der Waals surface area contributed by atoms with Crippen LogP contribution in [0.5, 0.6) is 0 Å². The first kappa shape index (κ1) is 21.3. The summed E-state index contributed by atoms with van der Waals surface area (Å²) in [7, 11) is -2.92. The van der Waals surface area contributed by atoms with Crippen LogP contribution in [0.3, 0.4) is 0 Å². The standard InChI is InChI=1S/C17H23F2N3O2S.HI/c1-11(15-5-2-13(18)8-16(15)19)21-17(22-14-3-4-14)20-9-12-6-7-25(23,24)10-12;/h2,5,8,11-12,14H,3-4,6-7,9-10H2,1H3,(H2,20,21,22);1H/t11-,12?;/m1./s1. The van der Waals surface area contributed by atoms with Gasteiger partial charge >= 0.3 is 0 Å². The molecular formula is C17H24F2IN3O2S. The Labute approximate surface area is 170 Å². The molecule has 0 radical (unpaired) electrons. The maximum absolute atomic E-state index is 13.9. The lowest BCUT2D eigenvalue weighted by molar-refractivity contribution is 0.548. The van der Waals surface area contributed by atoms with Crippen molar-refractivity contribution in [1.29, 1.82) is 0 Å². The van der Waals surface area contributed by atoms with Gasteiger partial charge in [-0.3, -0.25) is 4.99 Å². The molecule has 1 saturated heterocycles. The highest BCUT2D eigenvalue weighted by Crippen LogP contribution is 2.21. The Balaban J connectivity index is 0.00000243. The van der Waals surface area contributed by atoms with Crippen LogP contribution in [0.15, 0.2) is 23.2 Å². The van der Waals surface area contributed by atoms with Crippen LogP contribution in [0.4, 0.5) is 8.78 Å². The molecule has 0 amide bonds. The molecule has 1 aromatic carbocycles. The Morgan fingerprint density at radius 1 is 1.31 bits per heavy atom. The predicted molar refractivity (Wildman–Crippen MR) is 109 cm³/mol. The highest BCUT2D eigenvalue weighted by Gasteiger charge is 2.28.